The quantitative estimate of drug-likeness (QED) is 0.575. The van der Waals surface area contributed by atoms with E-state index in [1.54, 1.807) is 10.8 Å². The molecule has 0 aliphatic rings. The summed E-state index contributed by atoms with van der Waals surface area (Å²) in [5.41, 5.74) is 5.44. The fourth-order valence-electron chi connectivity index (χ4n) is 0.573. The van der Waals surface area contributed by atoms with Crippen LogP contribution in [0.5, 0.6) is 0 Å². The minimum atomic E-state index is 0.722. The van der Waals surface area contributed by atoms with E-state index in [2.05, 4.69) is 6.58 Å². The van der Waals surface area contributed by atoms with Crippen molar-refractivity contribution in [2.24, 2.45) is 0 Å². The van der Waals surface area contributed by atoms with Gasteiger partial charge in [0.05, 0.1) is 0 Å². The second-order valence-electron chi connectivity index (χ2n) is 1.52. The molecule has 0 saturated carbocycles. The minimum Gasteiger partial charge on any atom is -0.385 e. The van der Waals surface area contributed by atoms with E-state index in [-0.39, 0.29) is 0 Å². The lowest BCUT2D eigenvalue weighted by Gasteiger charge is -1.92. The first-order valence-electron chi connectivity index (χ1n) is 2.39. The monoisotopic (exact) mass is 108 g/mol. The van der Waals surface area contributed by atoms with Crippen LogP contribution >= 0.6 is 0 Å². The highest BCUT2D eigenvalue weighted by atomic mass is 15.0. The first kappa shape index (κ1) is 4.97. The molecule has 1 aromatic rings. The Kier molecular flexibility index (Phi) is 1.08. The third-order valence-corrected chi connectivity index (χ3v) is 1.01. The minimum absolute atomic E-state index is 0.722. The summed E-state index contributed by atoms with van der Waals surface area (Å²) in [4.78, 5) is 0. The predicted molar refractivity (Wildman–Crippen MR) is 35.2 cm³/mol. The van der Waals surface area contributed by atoms with Crippen molar-refractivity contribution < 1.29 is 0 Å². The lowest BCUT2D eigenvalue weighted by Crippen LogP contribution is -1.90. The molecular formula is C6H8N2. The standard InChI is InChI=1S/C6H8N2/c1-2-8-5-3-4-6(8)7/h2-5H,1,7H2. The highest BCUT2D eigenvalue weighted by Gasteiger charge is 1.85. The Morgan fingerprint density at radius 1 is 1.75 bits per heavy atom. The molecule has 1 rings (SSSR count). The molecule has 0 spiro atoms. The van der Waals surface area contributed by atoms with Crippen molar-refractivity contribution in [1.82, 2.24) is 4.57 Å². The number of anilines is 1. The van der Waals surface area contributed by atoms with Gasteiger partial charge >= 0.3 is 0 Å². The average Bonchev–Trinajstić information content (AvgIpc) is 2.14. The number of nitrogen functional groups attached to an aromatic ring is 1. The Morgan fingerprint density at radius 2 is 2.50 bits per heavy atom. The maximum absolute atomic E-state index is 5.44. The Balaban J connectivity index is 3.09. The van der Waals surface area contributed by atoms with Gasteiger partial charge in [-0.05, 0) is 12.1 Å². The number of hydrogen-bond donors (Lipinski definition) is 1. The van der Waals surface area contributed by atoms with Gasteiger partial charge in [0.25, 0.3) is 0 Å². The molecule has 0 aromatic carbocycles. The van der Waals surface area contributed by atoms with E-state index in [9.17, 15) is 0 Å². The highest BCUT2D eigenvalue weighted by Crippen LogP contribution is 2.01. The second-order valence-corrected chi connectivity index (χ2v) is 1.52. The molecule has 0 fully saturated rings. The second kappa shape index (κ2) is 1.74. The van der Waals surface area contributed by atoms with E-state index in [1.807, 2.05) is 18.3 Å². The Morgan fingerprint density at radius 3 is 2.75 bits per heavy atom. The first-order chi connectivity index (χ1) is 3.84. The summed E-state index contributed by atoms with van der Waals surface area (Å²) in [6.07, 6.45) is 3.51. The van der Waals surface area contributed by atoms with Crippen LogP contribution < -0.4 is 5.73 Å². The molecule has 8 heavy (non-hydrogen) atoms. The van der Waals surface area contributed by atoms with Crippen LogP contribution in [0.25, 0.3) is 6.20 Å². The molecule has 1 heterocycles. The van der Waals surface area contributed by atoms with Gasteiger partial charge in [0.1, 0.15) is 5.82 Å². The zero-order valence-corrected chi connectivity index (χ0v) is 4.54. The molecule has 0 bridgehead atoms. The van der Waals surface area contributed by atoms with Crippen LogP contribution in [0.15, 0.2) is 24.9 Å². The summed E-state index contributed by atoms with van der Waals surface area (Å²) in [6, 6.07) is 3.69. The highest BCUT2D eigenvalue weighted by molar-refractivity contribution is 5.39. The third-order valence-electron chi connectivity index (χ3n) is 1.01. The zero-order chi connectivity index (χ0) is 5.98. The van der Waals surface area contributed by atoms with Gasteiger partial charge in [-0.1, -0.05) is 6.58 Å². The summed E-state index contributed by atoms with van der Waals surface area (Å²) >= 11 is 0. The molecule has 0 amide bonds. The molecule has 2 heteroatoms. The third kappa shape index (κ3) is 0.601. The predicted octanol–water partition coefficient (Wildman–Crippen LogP) is 1.17. The maximum Gasteiger partial charge on any atom is 0.107 e. The van der Waals surface area contributed by atoms with Gasteiger partial charge in [-0.3, -0.25) is 0 Å². The molecule has 42 valence electrons. The van der Waals surface area contributed by atoms with Crippen molar-refractivity contribution in [3.8, 4) is 0 Å². The fraction of sp³-hybridized carbons (Fsp3) is 0. The van der Waals surface area contributed by atoms with Crippen molar-refractivity contribution in [2.45, 2.75) is 0 Å². The molecule has 0 unspecified atom stereocenters. The summed E-state index contributed by atoms with van der Waals surface area (Å²) in [5, 5.41) is 0. The Labute approximate surface area is 48.2 Å². The van der Waals surface area contributed by atoms with Crippen molar-refractivity contribution in [3.05, 3.63) is 24.9 Å². The molecule has 0 aliphatic carbocycles. The lowest BCUT2D eigenvalue weighted by atomic mass is 10.6. The van der Waals surface area contributed by atoms with Crippen molar-refractivity contribution in [3.63, 3.8) is 0 Å². The van der Waals surface area contributed by atoms with Crippen LogP contribution in [-0.2, 0) is 0 Å². The van der Waals surface area contributed by atoms with Crippen LogP contribution in [0.1, 0.15) is 0 Å². The molecule has 0 aliphatic heterocycles. The van der Waals surface area contributed by atoms with Crippen LogP contribution in [0, 0.1) is 0 Å². The topological polar surface area (TPSA) is 30.9 Å². The van der Waals surface area contributed by atoms with E-state index >= 15 is 0 Å². The molecule has 0 radical (unpaired) electrons. The van der Waals surface area contributed by atoms with E-state index in [1.165, 1.54) is 0 Å². The largest absolute Gasteiger partial charge is 0.385 e. The van der Waals surface area contributed by atoms with Crippen LogP contribution in [0.2, 0.25) is 0 Å². The van der Waals surface area contributed by atoms with Crippen molar-refractivity contribution >= 4 is 12.0 Å². The van der Waals surface area contributed by atoms with Crippen LogP contribution in [0.4, 0.5) is 5.82 Å². The Hall–Kier alpha value is -1.18. The maximum atomic E-state index is 5.44. The molecule has 0 atom stereocenters. The zero-order valence-electron chi connectivity index (χ0n) is 4.54. The van der Waals surface area contributed by atoms with Gasteiger partial charge in [0.2, 0.25) is 0 Å². The summed E-state index contributed by atoms with van der Waals surface area (Å²) < 4.78 is 1.75. The van der Waals surface area contributed by atoms with Gasteiger partial charge in [0.15, 0.2) is 0 Å². The average molecular weight is 108 g/mol. The van der Waals surface area contributed by atoms with E-state index in [4.69, 9.17) is 5.73 Å². The van der Waals surface area contributed by atoms with E-state index in [0.717, 1.165) is 5.82 Å². The molecule has 2 N–H and O–H groups in total. The van der Waals surface area contributed by atoms with Gasteiger partial charge in [0, 0.05) is 12.4 Å². The number of aromatic nitrogens is 1. The summed E-state index contributed by atoms with van der Waals surface area (Å²) in [7, 11) is 0. The molecule has 1 aromatic heterocycles. The first-order valence-corrected chi connectivity index (χ1v) is 2.39. The number of nitrogens with two attached hydrogens (primary N) is 1. The van der Waals surface area contributed by atoms with Crippen molar-refractivity contribution in [2.75, 3.05) is 5.73 Å². The van der Waals surface area contributed by atoms with Crippen molar-refractivity contribution in [1.29, 1.82) is 0 Å². The van der Waals surface area contributed by atoms with Gasteiger partial charge < -0.3 is 10.3 Å². The molecule has 0 saturated heterocycles. The summed E-state index contributed by atoms with van der Waals surface area (Å²) in [6.45, 7) is 3.55. The smallest absolute Gasteiger partial charge is 0.107 e. The van der Waals surface area contributed by atoms with Gasteiger partial charge in [-0.15, -0.1) is 0 Å². The fourth-order valence-corrected chi connectivity index (χ4v) is 0.573. The summed E-state index contributed by atoms with van der Waals surface area (Å²) in [5.74, 6) is 0.722. The van der Waals surface area contributed by atoms with Crippen LogP contribution in [-0.4, -0.2) is 4.57 Å². The van der Waals surface area contributed by atoms with Gasteiger partial charge in [-0.25, -0.2) is 0 Å². The van der Waals surface area contributed by atoms with E-state index in [0.29, 0.717) is 0 Å². The molecule has 2 nitrogen and oxygen atoms in total. The van der Waals surface area contributed by atoms with E-state index < -0.39 is 0 Å². The lowest BCUT2D eigenvalue weighted by molar-refractivity contribution is 1.19. The van der Waals surface area contributed by atoms with Crippen LogP contribution in [0.3, 0.4) is 0 Å². The number of hydrogen-bond acceptors (Lipinski definition) is 1. The number of rotatable bonds is 1. The Bertz CT molecular complexity index is 188. The number of nitrogens with zero attached hydrogens (tertiary/aromatic N) is 1. The SMILES string of the molecule is C=Cn1cccc1N. The molecular weight excluding hydrogens is 100 g/mol. The van der Waals surface area contributed by atoms with Gasteiger partial charge in [-0.2, -0.15) is 0 Å². The normalized spacial score (nSPS) is 9.00.